The number of halogens is 1. The van der Waals surface area contributed by atoms with Crippen LogP contribution < -0.4 is 5.32 Å². The van der Waals surface area contributed by atoms with Gasteiger partial charge in [0.05, 0.1) is 5.54 Å². The first-order chi connectivity index (χ1) is 10.1. The van der Waals surface area contributed by atoms with Gasteiger partial charge in [-0.2, -0.15) is 0 Å². The van der Waals surface area contributed by atoms with Crippen LogP contribution in [-0.2, 0) is 4.79 Å². The predicted octanol–water partition coefficient (Wildman–Crippen LogP) is 2.98. The van der Waals surface area contributed by atoms with Gasteiger partial charge in [0, 0.05) is 11.6 Å². The lowest BCUT2D eigenvalue weighted by molar-refractivity contribution is -0.134. The quantitative estimate of drug-likeness (QED) is 0.907. The Kier molecular flexibility index (Phi) is 2.86. The van der Waals surface area contributed by atoms with Gasteiger partial charge in [-0.3, -0.25) is 10.1 Å². The third kappa shape index (κ3) is 1.92. The summed E-state index contributed by atoms with van der Waals surface area (Å²) in [5, 5.41) is 3.50. The zero-order valence-corrected chi connectivity index (χ0v) is 12.3. The normalized spacial score (nSPS) is 33.9. The summed E-state index contributed by atoms with van der Waals surface area (Å²) in [4.78, 5) is 14.9. The van der Waals surface area contributed by atoms with Crippen LogP contribution in [0, 0.1) is 11.7 Å². The molecule has 1 spiro atoms. The number of hydrogen-bond donors (Lipinski definition) is 1. The van der Waals surface area contributed by atoms with Crippen LogP contribution in [0.2, 0.25) is 0 Å². The Balaban J connectivity index is 1.74. The standard InChI is InChI=1S/C17H21FN2O/c1-11-10-14(11)20-15(12-6-2-3-7-13(12)18)19-17(16(20)21)8-4-5-9-17/h2-3,6-7,11,14-15,19H,4-5,8-10H2,1H3. The van der Waals surface area contributed by atoms with E-state index in [1.165, 1.54) is 6.07 Å². The average molecular weight is 288 g/mol. The van der Waals surface area contributed by atoms with Gasteiger partial charge in [0.25, 0.3) is 0 Å². The van der Waals surface area contributed by atoms with Crippen LogP contribution in [0.1, 0.15) is 50.8 Å². The maximum absolute atomic E-state index is 14.2. The number of nitrogens with one attached hydrogen (secondary N) is 1. The van der Waals surface area contributed by atoms with E-state index in [4.69, 9.17) is 0 Å². The van der Waals surface area contributed by atoms with Gasteiger partial charge in [0.15, 0.2) is 0 Å². The molecule has 112 valence electrons. The van der Waals surface area contributed by atoms with Crippen molar-refractivity contribution in [1.82, 2.24) is 10.2 Å². The highest BCUT2D eigenvalue weighted by atomic mass is 19.1. The van der Waals surface area contributed by atoms with E-state index in [0.717, 1.165) is 32.1 Å². The number of carbonyl (C=O) groups excluding carboxylic acids is 1. The van der Waals surface area contributed by atoms with Crippen LogP contribution in [0.25, 0.3) is 0 Å². The smallest absolute Gasteiger partial charge is 0.244 e. The lowest BCUT2D eigenvalue weighted by Gasteiger charge is -2.25. The Morgan fingerprint density at radius 2 is 1.95 bits per heavy atom. The first-order valence-electron chi connectivity index (χ1n) is 7.97. The monoisotopic (exact) mass is 288 g/mol. The van der Waals surface area contributed by atoms with Crippen molar-refractivity contribution in [2.24, 2.45) is 5.92 Å². The SMILES string of the molecule is CC1CC1N1C(=O)C2(CCCC2)NC1c1ccccc1F. The van der Waals surface area contributed by atoms with Crippen molar-refractivity contribution in [3.63, 3.8) is 0 Å². The fraction of sp³-hybridized carbons (Fsp3) is 0.588. The zero-order valence-electron chi connectivity index (χ0n) is 12.3. The third-order valence-electron chi connectivity index (χ3n) is 5.42. The molecule has 0 aromatic heterocycles. The molecule has 3 nitrogen and oxygen atoms in total. The average Bonchev–Trinajstić information content (AvgIpc) is 2.91. The highest BCUT2D eigenvalue weighted by molar-refractivity contribution is 5.90. The molecule has 1 aromatic carbocycles. The molecule has 21 heavy (non-hydrogen) atoms. The van der Waals surface area contributed by atoms with Gasteiger partial charge < -0.3 is 4.90 Å². The molecular weight excluding hydrogens is 267 g/mol. The number of amides is 1. The predicted molar refractivity (Wildman–Crippen MR) is 77.9 cm³/mol. The van der Waals surface area contributed by atoms with Crippen LogP contribution in [-0.4, -0.2) is 22.4 Å². The van der Waals surface area contributed by atoms with Gasteiger partial charge in [0.2, 0.25) is 5.91 Å². The van der Waals surface area contributed by atoms with Gasteiger partial charge in [-0.1, -0.05) is 38.0 Å². The van der Waals surface area contributed by atoms with Crippen molar-refractivity contribution in [3.05, 3.63) is 35.6 Å². The van der Waals surface area contributed by atoms with E-state index in [0.29, 0.717) is 11.5 Å². The molecule has 3 fully saturated rings. The largest absolute Gasteiger partial charge is 0.318 e. The van der Waals surface area contributed by atoms with E-state index in [1.54, 1.807) is 12.1 Å². The molecule has 4 rings (SSSR count). The van der Waals surface area contributed by atoms with E-state index in [1.807, 2.05) is 11.0 Å². The summed E-state index contributed by atoms with van der Waals surface area (Å²) in [6.07, 6.45) is 4.66. The topological polar surface area (TPSA) is 32.3 Å². The van der Waals surface area contributed by atoms with E-state index < -0.39 is 5.54 Å². The zero-order chi connectivity index (χ0) is 14.6. The van der Waals surface area contributed by atoms with Crippen molar-refractivity contribution >= 4 is 5.91 Å². The summed E-state index contributed by atoms with van der Waals surface area (Å²) in [7, 11) is 0. The Labute approximate surface area is 124 Å². The van der Waals surface area contributed by atoms with Crippen molar-refractivity contribution in [2.75, 3.05) is 0 Å². The van der Waals surface area contributed by atoms with Crippen LogP contribution in [0.3, 0.4) is 0 Å². The number of nitrogens with zero attached hydrogens (tertiary/aromatic N) is 1. The maximum atomic E-state index is 14.2. The van der Waals surface area contributed by atoms with Crippen molar-refractivity contribution in [3.8, 4) is 0 Å². The molecule has 2 aliphatic carbocycles. The molecule has 1 saturated heterocycles. The Bertz CT molecular complexity index is 582. The van der Waals surface area contributed by atoms with E-state index in [-0.39, 0.29) is 23.9 Å². The molecule has 1 amide bonds. The van der Waals surface area contributed by atoms with Gasteiger partial charge in [0.1, 0.15) is 12.0 Å². The minimum absolute atomic E-state index is 0.197. The first-order valence-corrected chi connectivity index (χ1v) is 7.97. The molecule has 2 saturated carbocycles. The van der Waals surface area contributed by atoms with Crippen LogP contribution in [0.4, 0.5) is 4.39 Å². The molecule has 3 aliphatic rings. The van der Waals surface area contributed by atoms with Gasteiger partial charge in [-0.05, 0) is 31.2 Å². The number of hydrogen-bond acceptors (Lipinski definition) is 2. The van der Waals surface area contributed by atoms with Gasteiger partial charge in [-0.25, -0.2) is 4.39 Å². The van der Waals surface area contributed by atoms with E-state index in [9.17, 15) is 9.18 Å². The fourth-order valence-electron chi connectivity index (χ4n) is 4.05. The Hall–Kier alpha value is -1.42. The molecule has 0 radical (unpaired) electrons. The highest BCUT2D eigenvalue weighted by Gasteiger charge is 2.58. The summed E-state index contributed by atoms with van der Waals surface area (Å²) in [5.41, 5.74) is 0.170. The highest BCUT2D eigenvalue weighted by Crippen LogP contribution is 2.48. The van der Waals surface area contributed by atoms with E-state index in [2.05, 4.69) is 12.2 Å². The van der Waals surface area contributed by atoms with Crippen molar-refractivity contribution in [1.29, 1.82) is 0 Å². The number of benzene rings is 1. The molecule has 1 aliphatic heterocycles. The molecule has 1 heterocycles. The van der Waals surface area contributed by atoms with Crippen LogP contribution in [0.5, 0.6) is 0 Å². The summed E-state index contributed by atoms with van der Waals surface area (Å²) >= 11 is 0. The second-order valence-electron chi connectivity index (χ2n) is 6.85. The Morgan fingerprint density at radius 3 is 2.57 bits per heavy atom. The van der Waals surface area contributed by atoms with Crippen molar-refractivity contribution < 1.29 is 9.18 Å². The molecular formula is C17H21FN2O. The molecule has 4 heteroatoms. The molecule has 1 aromatic rings. The Morgan fingerprint density at radius 1 is 1.29 bits per heavy atom. The van der Waals surface area contributed by atoms with Crippen molar-refractivity contribution in [2.45, 2.75) is 56.8 Å². The maximum Gasteiger partial charge on any atom is 0.244 e. The summed E-state index contributed by atoms with van der Waals surface area (Å²) in [5.74, 6) is 0.500. The molecule has 3 atom stereocenters. The fourth-order valence-corrected chi connectivity index (χ4v) is 4.05. The molecule has 3 unspecified atom stereocenters. The molecule has 0 bridgehead atoms. The summed E-state index contributed by atoms with van der Waals surface area (Å²) in [6, 6.07) is 7.10. The van der Waals surface area contributed by atoms with Gasteiger partial charge in [-0.15, -0.1) is 0 Å². The van der Waals surface area contributed by atoms with E-state index >= 15 is 0 Å². The first kappa shape index (κ1) is 13.3. The second-order valence-corrected chi connectivity index (χ2v) is 6.85. The lowest BCUT2D eigenvalue weighted by atomic mass is 9.98. The summed E-state index contributed by atoms with van der Waals surface area (Å²) in [6.45, 7) is 2.16. The van der Waals surface area contributed by atoms with Crippen LogP contribution >= 0.6 is 0 Å². The number of rotatable bonds is 2. The minimum Gasteiger partial charge on any atom is -0.318 e. The third-order valence-corrected chi connectivity index (χ3v) is 5.42. The summed E-state index contributed by atoms with van der Waals surface area (Å²) < 4.78 is 14.2. The number of carbonyl (C=O) groups is 1. The lowest BCUT2D eigenvalue weighted by Crippen LogP contribution is -2.44. The molecule has 1 N–H and O–H groups in total. The van der Waals surface area contributed by atoms with Gasteiger partial charge >= 0.3 is 0 Å². The van der Waals surface area contributed by atoms with Crippen LogP contribution in [0.15, 0.2) is 24.3 Å². The second kappa shape index (κ2) is 4.54. The minimum atomic E-state index is -0.435.